The van der Waals surface area contributed by atoms with Crippen molar-refractivity contribution in [1.29, 1.82) is 0 Å². The fraction of sp³-hybridized carbons (Fsp3) is 0.909. The van der Waals surface area contributed by atoms with Crippen LogP contribution in [0, 0.1) is 5.41 Å². The number of carboxylic acid groups (broad SMARTS) is 1. The van der Waals surface area contributed by atoms with Crippen molar-refractivity contribution in [3.05, 3.63) is 0 Å². The average Bonchev–Trinajstić information content (AvgIpc) is 3.12. The highest BCUT2D eigenvalue weighted by Gasteiger charge is 2.31. The zero-order chi connectivity index (χ0) is 12.3. The van der Waals surface area contributed by atoms with Gasteiger partial charge in [0.05, 0.1) is 51.0 Å². The molecule has 0 aromatic carbocycles. The Morgan fingerprint density at radius 2 is 1.65 bits per heavy atom. The summed E-state index contributed by atoms with van der Waals surface area (Å²) in [5.74, 6) is -1.16. The largest absolute Gasteiger partial charge is 0.549 e. The quantitative estimate of drug-likeness (QED) is 0.463. The molecule has 0 saturated carbocycles. The van der Waals surface area contributed by atoms with Gasteiger partial charge in [-0.2, -0.15) is 0 Å². The Hall–Kier alpha value is -0.690. The number of hydrogen-bond acceptors (Lipinski definition) is 6. The Kier molecular flexibility index (Phi) is 3.98. The third-order valence-corrected chi connectivity index (χ3v) is 2.75. The van der Waals surface area contributed by atoms with Crippen molar-refractivity contribution in [2.75, 3.05) is 39.6 Å². The molecule has 0 bridgehead atoms. The summed E-state index contributed by atoms with van der Waals surface area (Å²) < 4.78 is 20.5. The number of carbonyl (C=O) groups is 1. The fourth-order valence-corrected chi connectivity index (χ4v) is 1.32. The van der Waals surface area contributed by atoms with E-state index in [1.807, 2.05) is 0 Å². The van der Waals surface area contributed by atoms with E-state index in [0.717, 1.165) is 0 Å². The SMILES string of the molecule is CC(COCC1CO1)(COCC1CO1)C(=O)[O-]. The average molecular weight is 245 g/mol. The van der Waals surface area contributed by atoms with Crippen LogP contribution in [0.3, 0.4) is 0 Å². The van der Waals surface area contributed by atoms with Crippen LogP contribution >= 0.6 is 0 Å². The first-order chi connectivity index (χ1) is 8.10. The van der Waals surface area contributed by atoms with E-state index in [-0.39, 0.29) is 25.4 Å². The van der Waals surface area contributed by atoms with Gasteiger partial charge in [0.15, 0.2) is 0 Å². The normalized spacial score (nSPS) is 29.7. The van der Waals surface area contributed by atoms with Crippen LogP contribution in [-0.4, -0.2) is 57.8 Å². The molecule has 17 heavy (non-hydrogen) atoms. The molecule has 2 atom stereocenters. The van der Waals surface area contributed by atoms with E-state index in [1.54, 1.807) is 6.92 Å². The molecule has 0 aliphatic carbocycles. The van der Waals surface area contributed by atoms with Gasteiger partial charge in [-0.3, -0.25) is 0 Å². The molecular weight excluding hydrogens is 228 g/mol. The number of carbonyl (C=O) groups excluding carboxylic acids is 1. The molecule has 2 fully saturated rings. The van der Waals surface area contributed by atoms with Crippen LogP contribution in [0.25, 0.3) is 0 Å². The molecule has 2 aliphatic heterocycles. The van der Waals surface area contributed by atoms with Crippen LogP contribution < -0.4 is 5.11 Å². The highest BCUT2D eigenvalue weighted by molar-refractivity contribution is 5.72. The number of carboxylic acids is 1. The molecule has 2 heterocycles. The van der Waals surface area contributed by atoms with Gasteiger partial charge in [0, 0.05) is 0 Å². The molecule has 0 radical (unpaired) electrons. The molecule has 2 rings (SSSR count). The summed E-state index contributed by atoms with van der Waals surface area (Å²) in [6.07, 6.45) is 0.253. The predicted octanol–water partition coefficient (Wildman–Crippen LogP) is -1.43. The summed E-state index contributed by atoms with van der Waals surface area (Å²) in [6.45, 7) is 3.93. The van der Waals surface area contributed by atoms with Crippen molar-refractivity contribution in [2.24, 2.45) is 5.41 Å². The van der Waals surface area contributed by atoms with Gasteiger partial charge < -0.3 is 28.8 Å². The summed E-state index contributed by atoms with van der Waals surface area (Å²) >= 11 is 0. The van der Waals surface area contributed by atoms with Crippen molar-refractivity contribution in [1.82, 2.24) is 0 Å². The zero-order valence-corrected chi connectivity index (χ0v) is 9.85. The Bertz CT molecular complexity index is 253. The number of hydrogen-bond donors (Lipinski definition) is 0. The van der Waals surface area contributed by atoms with Gasteiger partial charge in [0.25, 0.3) is 0 Å². The molecule has 6 heteroatoms. The number of rotatable bonds is 9. The van der Waals surface area contributed by atoms with E-state index < -0.39 is 11.4 Å². The molecule has 2 saturated heterocycles. The van der Waals surface area contributed by atoms with E-state index in [9.17, 15) is 9.90 Å². The second kappa shape index (κ2) is 5.30. The van der Waals surface area contributed by atoms with Crippen LogP contribution in [0.2, 0.25) is 0 Å². The smallest absolute Gasteiger partial charge is 0.104 e. The molecule has 98 valence electrons. The molecule has 0 aromatic heterocycles. The molecule has 0 N–H and O–H groups in total. The lowest BCUT2D eigenvalue weighted by Gasteiger charge is -2.29. The summed E-state index contributed by atoms with van der Waals surface area (Å²) in [6, 6.07) is 0. The fourth-order valence-electron chi connectivity index (χ4n) is 1.32. The van der Waals surface area contributed by atoms with Crippen molar-refractivity contribution in [2.45, 2.75) is 19.1 Å². The van der Waals surface area contributed by atoms with Crippen LogP contribution in [0.15, 0.2) is 0 Å². The first-order valence-corrected chi connectivity index (χ1v) is 5.70. The Labute approximate surface area is 99.8 Å². The van der Waals surface area contributed by atoms with Crippen molar-refractivity contribution in [3.8, 4) is 0 Å². The van der Waals surface area contributed by atoms with E-state index in [1.165, 1.54) is 0 Å². The van der Waals surface area contributed by atoms with E-state index in [2.05, 4.69) is 0 Å². The van der Waals surface area contributed by atoms with Crippen LogP contribution in [0.4, 0.5) is 0 Å². The molecule has 2 unspecified atom stereocenters. The standard InChI is InChI=1S/C11H18O6/c1-11(10(12)13,6-14-2-8-4-16-8)7-15-3-9-5-17-9/h8-9H,2-7H2,1H3,(H,12,13)/p-1. The summed E-state index contributed by atoms with van der Waals surface area (Å²) in [7, 11) is 0. The van der Waals surface area contributed by atoms with Crippen molar-refractivity contribution in [3.63, 3.8) is 0 Å². The second-order valence-electron chi connectivity index (χ2n) is 4.79. The van der Waals surface area contributed by atoms with Gasteiger partial charge >= 0.3 is 0 Å². The lowest BCUT2D eigenvalue weighted by Crippen LogP contribution is -2.47. The van der Waals surface area contributed by atoms with E-state index in [0.29, 0.717) is 26.4 Å². The summed E-state index contributed by atoms with van der Waals surface area (Å²) in [5.41, 5.74) is -1.12. The molecular formula is C11H17O6-. The van der Waals surface area contributed by atoms with Gasteiger partial charge in [0.2, 0.25) is 0 Å². The number of aliphatic carboxylic acids is 1. The molecule has 2 aliphatic rings. The van der Waals surface area contributed by atoms with Gasteiger partial charge in [-0.05, 0) is 6.92 Å². The highest BCUT2D eigenvalue weighted by atomic mass is 16.6. The third-order valence-electron chi connectivity index (χ3n) is 2.75. The maximum absolute atomic E-state index is 11.1. The molecule has 0 amide bonds. The van der Waals surface area contributed by atoms with Gasteiger partial charge in [-0.25, -0.2) is 0 Å². The second-order valence-corrected chi connectivity index (χ2v) is 4.79. The van der Waals surface area contributed by atoms with E-state index >= 15 is 0 Å². The number of epoxide rings is 2. The van der Waals surface area contributed by atoms with Crippen molar-refractivity contribution < 1.29 is 28.8 Å². The minimum absolute atomic E-state index is 0.0702. The minimum atomic E-state index is -1.16. The Morgan fingerprint density at radius 1 is 1.24 bits per heavy atom. The first kappa shape index (κ1) is 12.8. The van der Waals surface area contributed by atoms with Gasteiger partial charge in [0.1, 0.15) is 12.2 Å². The minimum Gasteiger partial charge on any atom is -0.549 e. The monoisotopic (exact) mass is 245 g/mol. The molecule has 0 spiro atoms. The lowest BCUT2D eigenvalue weighted by molar-refractivity contribution is -0.322. The summed E-state index contributed by atoms with van der Waals surface area (Å²) in [5, 5.41) is 11.1. The number of ether oxygens (including phenoxy) is 4. The molecule has 6 nitrogen and oxygen atoms in total. The third kappa shape index (κ3) is 4.23. The highest BCUT2D eigenvalue weighted by Crippen LogP contribution is 2.19. The lowest BCUT2D eigenvalue weighted by atomic mass is 9.93. The zero-order valence-electron chi connectivity index (χ0n) is 9.85. The van der Waals surface area contributed by atoms with Crippen LogP contribution in [-0.2, 0) is 23.7 Å². The van der Waals surface area contributed by atoms with Crippen LogP contribution in [0.1, 0.15) is 6.92 Å². The van der Waals surface area contributed by atoms with Crippen LogP contribution in [0.5, 0.6) is 0 Å². The molecule has 0 aromatic rings. The van der Waals surface area contributed by atoms with Gasteiger partial charge in [-0.15, -0.1) is 0 Å². The maximum atomic E-state index is 11.1. The summed E-state index contributed by atoms with van der Waals surface area (Å²) in [4.78, 5) is 11.1. The predicted molar refractivity (Wildman–Crippen MR) is 54.2 cm³/mol. The Morgan fingerprint density at radius 3 is 1.94 bits per heavy atom. The first-order valence-electron chi connectivity index (χ1n) is 5.70. The van der Waals surface area contributed by atoms with E-state index in [4.69, 9.17) is 18.9 Å². The van der Waals surface area contributed by atoms with Gasteiger partial charge in [-0.1, -0.05) is 0 Å². The topological polar surface area (TPSA) is 83.6 Å². The van der Waals surface area contributed by atoms with Crippen molar-refractivity contribution >= 4 is 5.97 Å². The maximum Gasteiger partial charge on any atom is 0.104 e. The Balaban J connectivity index is 1.68.